The first-order valence-corrected chi connectivity index (χ1v) is 2.68. The number of nitrogens with one attached hydrogen (secondary N) is 1. The van der Waals surface area contributed by atoms with E-state index in [0.29, 0.717) is 5.57 Å². The highest BCUT2D eigenvalue weighted by atomic mass is 16.2. The average Bonchev–Trinajstić information content (AvgIpc) is 2.13. The van der Waals surface area contributed by atoms with Gasteiger partial charge in [0.15, 0.2) is 6.29 Å². The zero-order valence-corrected chi connectivity index (χ0v) is 4.87. The maximum Gasteiger partial charge on any atom is 0.151 e. The molecule has 0 saturated carbocycles. The Balaban J connectivity index is 2.74. The van der Waals surface area contributed by atoms with Crippen LogP contribution in [0.25, 0.3) is 0 Å². The number of allylic oxidation sites excluding steroid dienone is 4. The van der Waals surface area contributed by atoms with Crippen LogP contribution in [0.2, 0.25) is 0 Å². The molecule has 0 bridgehead atoms. The largest absolute Gasteiger partial charge is 0.367 e. The molecular weight excluding hydrogens is 115 g/mol. The molecule has 0 unspecified atom stereocenters. The first-order chi connectivity index (χ1) is 4.43. The van der Waals surface area contributed by atoms with E-state index in [4.69, 9.17) is 0 Å². The van der Waals surface area contributed by atoms with Crippen molar-refractivity contribution < 1.29 is 4.79 Å². The van der Waals surface area contributed by atoms with Crippen LogP contribution in [0.5, 0.6) is 0 Å². The molecule has 1 aliphatic heterocycles. The second-order valence-corrected chi connectivity index (χ2v) is 1.65. The van der Waals surface area contributed by atoms with Crippen LogP contribution in [0.3, 0.4) is 0 Å². The molecule has 1 aliphatic rings. The lowest BCUT2D eigenvalue weighted by molar-refractivity contribution is -0.104. The smallest absolute Gasteiger partial charge is 0.151 e. The fraction of sp³-hybridized carbons (Fsp3) is 0. The van der Waals surface area contributed by atoms with E-state index < -0.39 is 0 Å². The van der Waals surface area contributed by atoms with Gasteiger partial charge in [0.1, 0.15) is 0 Å². The van der Waals surface area contributed by atoms with Gasteiger partial charge < -0.3 is 5.32 Å². The molecule has 46 valence electrons. The van der Waals surface area contributed by atoms with Crippen molar-refractivity contribution in [3.63, 3.8) is 0 Å². The highest BCUT2D eigenvalue weighted by Crippen LogP contribution is 1.93. The second-order valence-electron chi connectivity index (χ2n) is 1.65. The average molecular weight is 122 g/mol. The van der Waals surface area contributed by atoms with E-state index in [1.807, 2.05) is 6.08 Å². The minimum Gasteiger partial charge on any atom is -0.367 e. The Morgan fingerprint density at radius 1 is 1.44 bits per heavy atom. The number of hydrogen-bond donors (Lipinski definition) is 1. The van der Waals surface area contributed by atoms with Gasteiger partial charge in [-0.05, 0) is 6.08 Å². The summed E-state index contributed by atoms with van der Waals surface area (Å²) in [7, 11) is 0. The first-order valence-electron chi connectivity index (χ1n) is 2.68. The molecule has 1 N–H and O–H groups in total. The molecule has 0 aromatic heterocycles. The van der Waals surface area contributed by atoms with E-state index in [9.17, 15) is 4.79 Å². The van der Waals surface area contributed by atoms with E-state index in [0.717, 1.165) is 6.29 Å². The number of rotatable bonds is 1. The fourth-order valence-corrected chi connectivity index (χ4v) is 0.544. The summed E-state index contributed by atoms with van der Waals surface area (Å²) >= 11 is 0. The second kappa shape index (κ2) is 2.87. The van der Waals surface area contributed by atoms with Crippen LogP contribution in [0.4, 0.5) is 0 Å². The van der Waals surface area contributed by atoms with E-state index in [1.54, 1.807) is 24.6 Å². The topological polar surface area (TPSA) is 29.1 Å². The molecule has 0 spiro atoms. The van der Waals surface area contributed by atoms with Crippen molar-refractivity contribution in [3.05, 3.63) is 36.2 Å². The minimum absolute atomic E-state index is 0.653. The Kier molecular flexibility index (Phi) is 1.85. The van der Waals surface area contributed by atoms with Gasteiger partial charge >= 0.3 is 0 Å². The minimum atomic E-state index is 0.653. The van der Waals surface area contributed by atoms with Gasteiger partial charge in [-0.15, -0.1) is 0 Å². The van der Waals surface area contributed by atoms with Gasteiger partial charge in [0, 0.05) is 18.0 Å². The molecule has 0 fully saturated rings. The van der Waals surface area contributed by atoms with Gasteiger partial charge in [-0.2, -0.15) is 0 Å². The third-order valence-corrected chi connectivity index (χ3v) is 0.978. The van der Waals surface area contributed by atoms with Gasteiger partial charge in [-0.25, -0.2) is 0 Å². The molecule has 2 heteroatoms. The molecule has 1 rings (SSSR count). The fourth-order valence-electron chi connectivity index (χ4n) is 0.544. The Hall–Kier alpha value is -1.31. The molecule has 1 heterocycles. The number of hydrogen-bond acceptors (Lipinski definition) is 2. The maximum absolute atomic E-state index is 10.1. The predicted octanol–water partition coefficient (Wildman–Crippen LogP) is 0.742. The van der Waals surface area contributed by atoms with Gasteiger partial charge in [0.25, 0.3) is 0 Å². The summed E-state index contributed by atoms with van der Waals surface area (Å²) in [5.74, 6) is 0. The third kappa shape index (κ3) is 1.57. The zero-order chi connectivity index (χ0) is 6.53. The highest BCUT2D eigenvalue weighted by molar-refractivity contribution is 5.77. The van der Waals surface area contributed by atoms with Crippen LogP contribution in [0, 0.1) is 0 Å². The molecule has 0 aromatic carbocycles. The van der Waals surface area contributed by atoms with Crippen molar-refractivity contribution >= 4 is 6.29 Å². The van der Waals surface area contributed by atoms with Crippen molar-refractivity contribution in [1.29, 1.82) is 0 Å². The molecule has 0 aromatic rings. The standard InChI is InChI=1S/C7H7NO/c9-6-7-3-1-2-4-8-5-7/h1-6,8H/i6+1. The van der Waals surface area contributed by atoms with Crippen LogP contribution in [-0.4, -0.2) is 6.29 Å². The third-order valence-electron chi connectivity index (χ3n) is 0.978. The Morgan fingerprint density at radius 2 is 2.33 bits per heavy atom. The Morgan fingerprint density at radius 3 is 3.11 bits per heavy atom. The molecule has 0 atom stereocenters. The molecule has 0 radical (unpaired) electrons. The van der Waals surface area contributed by atoms with E-state index in [1.165, 1.54) is 0 Å². The lowest BCUT2D eigenvalue weighted by Gasteiger charge is -1.85. The van der Waals surface area contributed by atoms with Crippen LogP contribution in [0.15, 0.2) is 36.2 Å². The Labute approximate surface area is 53.6 Å². The van der Waals surface area contributed by atoms with Crippen molar-refractivity contribution in [2.45, 2.75) is 0 Å². The summed E-state index contributed by atoms with van der Waals surface area (Å²) in [5, 5.41) is 2.81. The maximum atomic E-state index is 10.1. The predicted molar refractivity (Wildman–Crippen MR) is 35.6 cm³/mol. The number of carbonyl (C=O) groups excluding carboxylic acids is 1. The van der Waals surface area contributed by atoms with Crippen molar-refractivity contribution in [2.24, 2.45) is 0 Å². The number of carbonyl (C=O) groups is 1. The van der Waals surface area contributed by atoms with Crippen molar-refractivity contribution in [3.8, 4) is 0 Å². The molecule has 2 nitrogen and oxygen atoms in total. The first kappa shape index (κ1) is 5.82. The summed E-state index contributed by atoms with van der Waals surface area (Å²) < 4.78 is 0. The van der Waals surface area contributed by atoms with Crippen LogP contribution in [0.1, 0.15) is 0 Å². The normalized spacial score (nSPS) is 15.8. The molecular formula is C7H7NO. The lowest BCUT2D eigenvalue weighted by atomic mass is 10.4. The van der Waals surface area contributed by atoms with Crippen LogP contribution in [-0.2, 0) is 4.79 Å². The van der Waals surface area contributed by atoms with E-state index in [2.05, 4.69) is 5.32 Å². The zero-order valence-electron chi connectivity index (χ0n) is 4.87. The van der Waals surface area contributed by atoms with Crippen LogP contribution >= 0.6 is 0 Å². The molecule has 9 heavy (non-hydrogen) atoms. The monoisotopic (exact) mass is 122 g/mol. The van der Waals surface area contributed by atoms with Gasteiger partial charge in [0.05, 0.1) is 0 Å². The van der Waals surface area contributed by atoms with Gasteiger partial charge in [-0.3, -0.25) is 4.79 Å². The lowest BCUT2D eigenvalue weighted by Crippen LogP contribution is -1.92. The molecule has 0 aliphatic carbocycles. The number of aldehydes is 1. The highest BCUT2D eigenvalue weighted by Gasteiger charge is 1.86. The van der Waals surface area contributed by atoms with Crippen molar-refractivity contribution in [1.82, 2.24) is 5.32 Å². The molecule has 0 saturated heterocycles. The Bertz CT molecular complexity index is 189. The summed E-state index contributed by atoms with van der Waals surface area (Å²) in [5.41, 5.74) is 0.653. The van der Waals surface area contributed by atoms with E-state index in [-0.39, 0.29) is 0 Å². The summed E-state index contributed by atoms with van der Waals surface area (Å²) in [6, 6.07) is 0. The van der Waals surface area contributed by atoms with E-state index >= 15 is 0 Å². The summed E-state index contributed by atoms with van der Waals surface area (Å²) in [4.78, 5) is 10.1. The van der Waals surface area contributed by atoms with Gasteiger partial charge in [-0.1, -0.05) is 12.2 Å². The summed E-state index contributed by atoms with van der Waals surface area (Å²) in [6.45, 7) is 0. The van der Waals surface area contributed by atoms with Gasteiger partial charge in [0.2, 0.25) is 0 Å². The quantitative estimate of drug-likeness (QED) is 0.410. The van der Waals surface area contributed by atoms with Crippen LogP contribution < -0.4 is 5.32 Å². The summed E-state index contributed by atoms with van der Waals surface area (Å²) in [6.07, 6.45) is 9.58. The molecule has 0 amide bonds. The SMILES string of the molecule is O=[13CH]C1=CNC=CC=C1. The van der Waals surface area contributed by atoms with Crippen molar-refractivity contribution in [2.75, 3.05) is 0 Å².